The van der Waals surface area contributed by atoms with Crippen molar-refractivity contribution in [2.75, 3.05) is 27.3 Å². The Morgan fingerprint density at radius 3 is 3.06 bits per heavy atom. The number of carbonyl (C=O) groups excluding carboxylic acids is 1. The summed E-state index contributed by atoms with van der Waals surface area (Å²) in [7, 11) is 3.53. The Balaban J connectivity index is 1.94. The second kappa shape index (κ2) is 5.73. The third-order valence-electron chi connectivity index (χ3n) is 2.99. The number of ether oxygens (including phenoxy) is 2. The van der Waals surface area contributed by atoms with E-state index in [1.165, 1.54) is 0 Å². The first-order valence-corrected chi connectivity index (χ1v) is 6.02. The fourth-order valence-electron chi connectivity index (χ4n) is 1.91. The van der Waals surface area contributed by atoms with Crippen molar-refractivity contribution >= 4 is 5.91 Å². The first-order valence-electron chi connectivity index (χ1n) is 6.02. The normalized spacial score (nSPS) is 16.9. The van der Waals surface area contributed by atoms with Crippen LogP contribution in [-0.4, -0.2) is 33.2 Å². The monoisotopic (exact) mass is 250 g/mol. The van der Waals surface area contributed by atoms with Gasteiger partial charge >= 0.3 is 0 Å². The second-order valence-electron chi connectivity index (χ2n) is 4.12. The van der Waals surface area contributed by atoms with Crippen molar-refractivity contribution in [1.29, 1.82) is 0 Å². The molecule has 1 heterocycles. The van der Waals surface area contributed by atoms with Crippen molar-refractivity contribution in [3.8, 4) is 11.5 Å². The van der Waals surface area contributed by atoms with Crippen LogP contribution in [0.25, 0.3) is 0 Å². The van der Waals surface area contributed by atoms with Gasteiger partial charge in [-0.25, -0.2) is 0 Å². The van der Waals surface area contributed by atoms with Gasteiger partial charge in [0.25, 0.3) is 0 Å². The lowest BCUT2D eigenvalue weighted by molar-refractivity contribution is -0.121. The molecule has 5 nitrogen and oxygen atoms in total. The van der Waals surface area contributed by atoms with Gasteiger partial charge in [0, 0.05) is 18.7 Å². The van der Waals surface area contributed by atoms with E-state index in [0.717, 1.165) is 17.1 Å². The number of nitrogens with one attached hydrogen (secondary N) is 2. The molecule has 0 radical (unpaired) electrons. The maximum Gasteiger partial charge on any atom is 0.223 e. The number of carbonyl (C=O) groups is 1. The molecule has 1 aliphatic rings. The van der Waals surface area contributed by atoms with Gasteiger partial charge in [-0.1, -0.05) is 0 Å². The number of amides is 1. The van der Waals surface area contributed by atoms with Gasteiger partial charge in [0.2, 0.25) is 5.91 Å². The molecule has 1 unspecified atom stereocenters. The molecule has 0 saturated heterocycles. The smallest absolute Gasteiger partial charge is 0.223 e. The second-order valence-corrected chi connectivity index (χ2v) is 4.12. The third-order valence-corrected chi connectivity index (χ3v) is 2.99. The topological polar surface area (TPSA) is 59.6 Å². The van der Waals surface area contributed by atoms with Crippen LogP contribution in [0.2, 0.25) is 0 Å². The molecule has 0 fully saturated rings. The molecule has 2 rings (SSSR count). The molecule has 0 saturated carbocycles. The standard InChI is InChI=1S/C13H18N2O3/c1-14-11-8-18-12-7-9(3-4-10(11)12)17-6-5-13(16)15-2/h3-4,7,11,14H,5-6,8H2,1-2H3,(H,15,16). The fourth-order valence-corrected chi connectivity index (χ4v) is 1.91. The van der Waals surface area contributed by atoms with Crippen molar-refractivity contribution < 1.29 is 14.3 Å². The zero-order valence-corrected chi connectivity index (χ0v) is 10.7. The average molecular weight is 250 g/mol. The summed E-state index contributed by atoms with van der Waals surface area (Å²) in [4.78, 5) is 11.0. The lowest BCUT2D eigenvalue weighted by atomic mass is 10.1. The Labute approximate surface area is 106 Å². The molecule has 0 bridgehead atoms. The summed E-state index contributed by atoms with van der Waals surface area (Å²) < 4.78 is 11.1. The molecule has 1 amide bonds. The predicted molar refractivity (Wildman–Crippen MR) is 67.9 cm³/mol. The van der Waals surface area contributed by atoms with Gasteiger partial charge in [0.15, 0.2) is 0 Å². The van der Waals surface area contributed by atoms with Gasteiger partial charge in [-0.15, -0.1) is 0 Å². The van der Waals surface area contributed by atoms with Crippen LogP contribution in [0, 0.1) is 0 Å². The Morgan fingerprint density at radius 1 is 1.50 bits per heavy atom. The maximum absolute atomic E-state index is 11.0. The molecular weight excluding hydrogens is 232 g/mol. The molecule has 18 heavy (non-hydrogen) atoms. The van der Waals surface area contributed by atoms with E-state index in [1.54, 1.807) is 7.05 Å². The minimum atomic E-state index is -0.0253. The molecule has 0 aliphatic carbocycles. The van der Waals surface area contributed by atoms with Crippen LogP contribution in [0.3, 0.4) is 0 Å². The third kappa shape index (κ3) is 2.73. The molecule has 98 valence electrons. The van der Waals surface area contributed by atoms with Crippen LogP contribution in [0.5, 0.6) is 11.5 Å². The largest absolute Gasteiger partial charge is 0.493 e. The number of rotatable bonds is 5. The lowest BCUT2D eigenvalue weighted by Gasteiger charge is -2.08. The van der Waals surface area contributed by atoms with Gasteiger partial charge in [0.05, 0.1) is 19.1 Å². The molecule has 2 N–H and O–H groups in total. The lowest BCUT2D eigenvalue weighted by Crippen LogP contribution is -2.20. The first kappa shape index (κ1) is 12.7. The van der Waals surface area contributed by atoms with Crippen molar-refractivity contribution in [1.82, 2.24) is 10.6 Å². The Morgan fingerprint density at radius 2 is 2.33 bits per heavy atom. The van der Waals surface area contributed by atoms with Crippen molar-refractivity contribution in [2.24, 2.45) is 0 Å². The first-order chi connectivity index (χ1) is 8.74. The highest BCUT2D eigenvalue weighted by atomic mass is 16.5. The van der Waals surface area contributed by atoms with Crippen LogP contribution in [0.4, 0.5) is 0 Å². The molecule has 1 atom stereocenters. The Kier molecular flexibility index (Phi) is 4.04. The summed E-state index contributed by atoms with van der Waals surface area (Å²) >= 11 is 0. The summed E-state index contributed by atoms with van der Waals surface area (Å²) in [6.45, 7) is 1.02. The molecule has 0 aromatic heterocycles. The summed E-state index contributed by atoms with van der Waals surface area (Å²) in [5.74, 6) is 1.56. The van der Waals surface area contributed by atoms with Crippen LogP contribution < -0.4 is 20.1 Å². The van der Waals surface area contributed by atoms with Crippen LogP contribution in [-0.2, 0) is 4.79 Å². The number of hydrogen-bond acceptors (Lipinski definition) is 4. The quantitative estimate of drug-likeness (QED) is 0.813. The van der Waals surface area contributed by atoms with Gasteiger partial charge in [0.1, 0.15) is 18.1 Å². The van der Waals surface area contributed by atoms with E-state index in [0.29, 0.717) is 19.6 Å². The predicted octanol–water partition coefficient (Wildman–Crippen LogP) is 0.854. The van der Waals surface area contributed by atoms with E-state index in [2.05, 4.69) is 10.6 Å². The zero-order chi connectivity index (χ0) is 13.0. The van der Waals surface area contributed by atoms with Gasteiger partial charge in [-0.3, -0.25) is 4.79 Å². The summed E-state index contributed by atoms with van der Waals surface area (Å²) in [5.41, 5.74) is 1.15. The minimum Gasteiger partial charge on any atom is -0.493 e. The highest BCUT2D eigenvalue weighted by molar-refractivity contribution is 5.75. The van der Waals surface area contributed by atoms with Gasteiger partial charge in [-0.2, -0.15) is 0 Å². The average Bonchev–Trinajstić information content (AvgIpc) is 2.80. The number of fused-ring (bicyclic) bond motifs is 1. The number of hydrogen-bond donors (Lipinski definition) is 2. The van der Waals surface area contributed by atoms with Gasteiger partial charge < -0.3 is 20.1 Å². The zero-order valence-electron chi connectivity index (χ0n) is 10.7. The maximum atomic E-state index is 11.0. The summed E-state index contributed by atoms with van der Waals surface area (Å²) in [5, 5.41) is 5.74. The van der Waals surface area contributed by atoms with Crippen LogP contribution in [0.1, 0.15) is 18.0 Å². The molecule has 1 aromatic carbocycles. The van der Waals surface area contributed by atoms with E-state index in [4.69, 9.17) is 9.47 Å². The van der Waals surface area contributed by atoms with Crippen molar-refractivity contribution in [3.05, 3.63) is 23.8 Å². The molecule has 1 aromatic rings. The Hall–Kier alpha value is -1.75. The number of benzene rings is 1. The van der Waals surface area contributed by atoms with E-state index >= 15 is 0 Å². The van der Waals surface area contributed by atoms with E-state index in [9.17, 15) is 4.79 Å². The fraction of sp³-hybridized carbons (Fsp3) is 0.462. The molecular formula is C13H18N2O3. The minimum absolute atomic E-state index is 0.0253. The molecule has 0 spiro atoms. The Bertz CT molecular complexity index is 434. The van der Waals surface area contributed by atoms with Crippen LogP contribution >= 0.6 is 0 Å². The summed E-state index contributed by atoms with van der Waals surface area (Å²) in [6.07, 6.45) is 0.355. The SMILES string of the molecule is CNC(=O)CCOc1ccc2c(c1)OCC2NC. The van der Waals surface area contributed by atoms with Crippen molar-refractivity contribution in [3.63, 3.8) is 0 Å². The highest BCUT2D eigenvalue weighted by Crippen LogP contribution is 2.34. The molecule has 5 heteroatoms. The highest BCUT2D eigenvalue weighted by Gasteiger charge is 2.22. The van der Waals surface area contributed by atoms with E-state index < -0.39 is 0 Å². The van der Waals surface area contributed by atoms with Crippen molar-refractivity contribution in [2.45, 2.75) is 12.5 Å². The van der Waals surface area contributed by atoms with E-state index in [-0.39, 0.29) is 11.9 Å². The number of likely N-dealkylation sites (N-methyl/N-ethyl adjacent to an activating group) is 1. The summed E-state index contributed by atoms with van der Waals surface area (Å²) in [6, 6.07) is 6.02. The molecule has 1 aliphatic heterocycles. The van der Waals surface area contributed by atoms with Gasteiger partial charge in [-0.05, 0) is 19.2 Å². The van der Waals surface area contributed by atoms with Crippen LogP contribution in [0.15, 0.2) is 18.2 Å². The van der Waals surface area contributed by atoms with E-state index in [1.807, 2.05) is 25.2 Å².